The third kappa shape index (κ3) is 3.28. The highest BCUT2D eigenvalue weighted by atomic mass is 16.5. The van der Waals surface area contributed by atoms with Crippen LogP contribution in [0.1, 0.15) is 16.2 Å². The molecule has 25 heavy (non-hydrogen) atoms. The highest BCUT2D eigenvalue weighted by molar-refractivity contribution is 5.97. The van der Waals surface area contributed by atoms with Crippen molar-refractivity contribution in [1.29, 1.82) is 0 Å². The summed E-state index contributed by atoms with van der Waals surface area (Å²) in [6, 6.07) is 13.2. The molecule has 0 saturated heterocycles. The van der Waals surface area contributed by atoms with Gasteiger partial charge in [-0.05, 0) is 31.2 Å². The molecular formula is C19H21N3O3. The van der Waals surface area contributed by atoms with Crippen LogP contribution in [0.2, 0.25) is 0 Å². The predicted octanol–water partition coefficient (Wildman–Crippen LogP) is 2.79. The van der Waals surface area contributed by atoms with Crippen molar-refractivity contribution in [1.82, 2.24) is 14.9 Å². The molecule has 0 aliphatic heterocycles. The Morgan fingerprint density at radius 3 is 2.68 bits per heavy atom. The lowest BCUT2D eigenvalue weighted by molar-refractivity contribution is 0.0948. The Morgan fingerprint density at radius 2 is 1.92 bits per heavy atom. The highest BCUT2D eigenvalue weighted by Gasteiger charge is 2.16. The van der Waals surface area contributed by atoms with E-state index in [0.29, 0.717) is 30.2 Å². The summed E-state index contributed by atoms with van der Waals surface area (Å²) in [6.45, 7) is 3.09. The standard InChI is InChI=1S/C19H21N3O3/c1-13-21-15-8-4-5-9-16(15)22(13)12-11-20-19(23)14-7-6-10-17(24-2)18(14)25-3/h4-10H,11-12H2,1-3H3,(H,20,23). The van der Waals surface area contributed by atoms with Gasteiger partial charge in [0.15, 0.2) is 11.5 Å². The number of aromatic nitrogens is 2. The van der Waals surface area contributed by atoms with E-state index in [1.165, 1.54) is 7.11 Å². The molecule has 130 valence electrons. The summed E-state index contributed by atoms with van der Waals surface area (Å²) in [6.07, 6.45) is 0. The molecule has 1 heterocycles. The first-order chi connectivity index (χ1) is 12.2. The van der Waals surface area contributed by atoms with Crippen LogP contribution in [0.5, 0.6) is 11.5 Å². The van der Waals surface area contributed by atoms with Crippen LogP contribution in [-0.2, 0) is 6.54 Å². The lowest BCUT2D eigenvalue weighted by Gasteiger charge is -2.13. The number of nitrogens with one attached hydrogen (secondary N) is 1. The van der Waals surface area contributed by atoms with Crippen LogP contribution in [0.3, 0.4) is 0 Å². The lowest BCUT2D eigenvalue weighted by Crippen LogP contribution is -2.27. The van der Waals surface area contributed by atoms with Crippen LogP contribution >= 0.6 is 0 Å². The Kier molecular flexibility index (Phi) is 4.88. The predicted molar refractivity (Wildman–Crippen MR) is 96.3 cm³/mol. The minimum atomic E-state index is -0.196. The molecule has 0 bridgehead atoms. The molecule has 6 heteroatoms. The molecule has 0 radical (unpaired) electrons. The van der Waals surface area contributed by atoms with Gasteiger partial charge in [0, 0.05) is 13.1 Å². The van der Waals surface area contributed by atoms with Crippen molar-refractivity contribution in [3.63, 3.8) is 0 Å². The maximum atomic E-state index is 12.5. The van der Waals surface area contributed by atoms with Gasteiger partial charge in [0.25, 0.3) is 5.91 Å². The van der Waals surface area contributed by atoms with Gasteiger partial charge in [-0.3, -0.25) is 4.79 Å². The monoisotopic (exact) mass is 339 g/mol. The number of carbonyl (C=O) groups excluding carboxylic acids is 1. The van der Waals surface area contributed by atoms with E-state index in [4.69, 9.17) is 9.47 Å². The molecular weight excluding hydrogens is 318 g/mol. The number of hydrogen-bond donors (Lipinski definition) is 1. The number of benzene rings is 2. The summed E-state index contributed by atoms with van der Waals surface area (Å²) < 4.78 is 12.6. The van der Waals surface area contributed by atoms with Gasteiger partial charge in [-0.25, -0.2) is 4.98 Å². The van der Waals surface area contributed by atoms with E-state index >= 15 is 0 Å². The number of carbonyl (C=O) groups is 1. The van der Waals surface area contributed by atoms with Crippen molar-refractivity contribution in [3.05, 3.63) is 53.9 Å². The number of amides is 1. The quantitative estimate of drug-likeness (QED) is 0.750. The molecule has 0 fully saturated rings. The summed E-state index contributed by atoms with van der Waals surface area (Å²) in [5.74, 6) is 1.70. The number of ether oxygens (including phenoxy) is 2. The topological polar surface area (TPSA) is 65.4 Å². The number of para-hydroxylation sites is 3. The first-order valence-corrected chi connectivity index (χ1v) is 8.06. The minimum Gasteiger partial charge on any atom is -0.493 e. The van der Waals surface area contributed by atoms with Crippen LogP contribution in [0, 0.1) is 6.92 Å². The third-order valence-electron chi connectivity index (χ3n) is 4.11. The summed E-state index contributed by atoms with van der Waals surface area (Å²) in [4.78, 5) is 17.0. The molecule has 0 spiro atoms. The minimum absolute atomic E-state index is 0.196. The van der Waals surface area contributed by atoms with Gasteiger partial charge in [0.2, 0.25) is 0 Å². The Hall–Kier alpha value is -3.02. The number of imidazole rings is 1. The van der Waals surface area contributed by atoms with Gasteiger partial charge in [-0.2, -0.15) is 0 Å². The molecule has 3 rings (SSSR count). The van der Waals surface area contributed by atoms with E-state index in [2.05, 4.69) is 14.9 Å². The lowest BCUT2D eigenvalue weighted by atomic mass is 10.1. The largest absolute Gasteiger partial charge is 0.493 e. The molecule has 0 unspecified atom stereocenters. The van der Waals surface area contributed by atoms with Crippen molar-refractivity contribution < 1.29 is 14.3 Å². The second-order valence-electron chi connectivity index (χ2n) is 5.60. The van der Waals surface area contributed by atoms with Crippen molar-refractivity contribution in [2.45, 2.75) is 13.5 Å². The summed E-state index contributed by atoms with van der Waals surface area (Å²) >= 11 is 0. The van der Waals surface area contributed by atoms with Crippen molar-refractivity contribution >= 4 is 16.9 Å². The Labute approximate surface area is 146 Å². The first-order valence-electron chi connectivity index (χ1n) is 8.06. The van der Waals surface area contributed by atoms with Gasteiger partial charge in [-0.15, -0.1) is 0 Å². The number of fused-ring (bicyclic) bond motifs is 1. The molecule has 0 atom stereocenters. The zero-order valence-corrected chi connectivity index (χ0v) is 14.6. The molecule has 3 aromatic rings. The second kappa shape index (κ2) is 7.25. The van der Waals surface area contributed by atoms with Gasteiger partial charge < -0.3 is 19.4 Å². The fourth-order valence-corrected chi connectivity index (χ4v) is 2.92. The number of methoxy groups -OCH3 is 2. The summed E-state index contributed by atoms with van der Waals surface area (Å²) in [7, 11) is 3.07. The van der Waals surface area contributed by atoms with Crippen LogP contribution in [0.4, 0.5) is 0 Å². The normalized spacial score (nSPS) is 10.7. The van der Waals surface area contributed by atoms with E-state index in [0.717, 1.165) is 16.9 Å². The van der Waals surface area contributed by atoms with Gasteiger partial charge in [0.1, 0.15) is 5.82 Å². The van der Waals surface area contributed by atoms with Gasteiger partial charge in [-0.1, -0.05) is 18.2 Å². The zero-order valence-electron chi connectivity index (χ0n) is 14.6. The number of aryl methyl sites for hydroxylation is 1. The summed E-state index contributed by atoms with van der Waals surface area (Å²) in [5.41, 5.74) is 2.48. The Balaban J connectivity index is 1.72. The Bertz CT molecular complexity index is 902. The molecule has 0 saturated carbocycles. The van der Waals surface area contributed by atoms with Crippen molar-refractivity contribution in [3.8, 4) is 11.5 Å². The van der Waals surface area contributed by atoms with Crippen LogP contribution in [-0.4, -0.2) is 36.2 Å². The first kappa shape index (κ1) is 16.8. The zero-order chi connectivity index (χ0) is 17.8. The third-order valence-corrected chi connectivity index (χ3v) is 4.11. The summed E-state index contributed by atoms with van der Waals surface area (Å²) in [5, 5.41) is 2.93. The van der Waals surface area contributed by atoms with E-state index < -0.39 is 0 Å². The average Bonchev–Trinajstić information content (AvgIpc) is 2.96. The molecule has 0 aliphatic carbocycles. The van der Waals surface area contributed by atoms with E-state index in [-0.39, 0.29) is 5.91 Å². The van der Waals surface area contributed by atoms with E-state index in [1.54, 1.807) is 25.3 Å². The smallest absolute Gasteiger partial charge is 0.255 e. The van der Waals surface area contributed by atoms with E-state index in [9.17, 15) is 4.79 Å². The number of rotatable bonds is 6. The maximum Gasteiger partial charge on any atom is 0.255 e. The van der Waals surface area contributed by atoms with E-state index in [1.807, 2.05) is 31.2 Å². The van der Waals surface area contributed by atoms with Gasteiger partial charge >= 0.3 is 0 Å². The van der Waals surface area contributed by atoms with Crippen LogP contribution in [0.15, 0.2) is 42.5 Å². The molecule has 2 aromatic carbocycles. The molecule has 1 N–H and O–H groups in total. The second-order valence-corrected chi connectivity index (χ2v) is 5.60. The average molecular weight is 339 g/mol. The van der Waals surface area contributed by atoms with Crippen LogP contribution < -0.4 is 14.8 Å². The fourth-order valence-electron chi connectivity index (χ4n) is 2.92. The molecule has 6 nitrogen and oxygen atoms in total. The highest BCUT2D eigenvalue weighted by Crippen LogP contribution is 2.30. The number of nitrogens with zero attached hydrogens (tertiary/aromatic N) is 2. The number of hydrogen-bond acceptors (Lipinski definition) is 4. The van der Waals surface area contributed by atoms with Gasteiger partial charge in [0.05, 0.1) is 30.8 Å². The maximum absolute atomic E-state index is 12.5. The fraction of sp³-hybridized carbons (Fsp3) is 0.263. The molecule has 1 amide bonds. The SMILES string of the molecule is COc1cccc(C(=O)NCCn2c(C)nc3ccccc32)c1OC. The Morgan fingerprint density at radius 1 is 1.12 bits per heavy atom. The van der Waals surface area contributed by atoms with Crippen molar-refractivity contribution in [2.75, 3.05) is 20.8 Å². The van der Waals surface area contributed by atoms with Crippen LogP contribution in [0.25, 0.3) is 11.0 Å². The van der Waals surface area contributed by atoms with Crippen molar-refractivity contribution in [2.24, 2.45) is 0 Å². The molecule has 1 aromatic heterocycles. The molecule has 0 aliphatic rings.